The van der Waals surface area contributed by atoms with E-state index in [4.69, 9.17) is 4.74 Å². The number of anilines is 2. The Morgan fingerprint density at radius 3 is 2.30 bits per heavy atom. The van der Waals surface area contributed by atoms with E-state index in [9.17, 15) is 4.79 Å². The molecular formula is C23H25N5O2. The maximum absolute atomic E-state index is 12.4. The zero-order chi connectivity index (χ0) is 20.6. The number of morpholine rings is 1. The van der Waals surface area contributed by atoms with Crippen LogP contribution >= 0.6 is 0 Å². The highest BCUT2D eigenvalue weighted by atomic mass is 16.5. The van der Waals surface area contributed by atoms with Gasteiger partial charge in [-0.15, -0.1) is 10.2 Å². The summed E-state index contributed by atoms with van der Waals surface area (Å²) >= 11 is 0. The molecule has 0 saturated carbocycles. The van der Waals surface area contributed by atoms with Crippen molar-refractivity contribution >= 4 is 17.4 Å². The molecule has 4 rings (SSSR count). The molecule has 0 aliphatic carbocycles. The van der Waals surface area contributed by atoms with Crippen molar-refractivity contribution in [1.29, 1.82) is 0 Å². The fourth-order valence-corrected chi connectivity index (χ4v) is 3.39. The number of para-hydroxylation sites is 1. The number of rotatable bonds is 7. The van der Waals surface area contributed by atoms with Crippen LogP contribution in [0.1, 0.15) is 22.1 Å². The van der Waals surface area contributed by atoms with Crippen LogP contribution in [0.3, 0.4) is 0 Å². The van der Waals surface area contributed by atoms with E-state index < -0.39 is 0 Å². The molecule has 2 aromatic carbocycles. The van der Waals surface area contributed by atoms with E-state index in [1.54, 1.807) is 12.1 Å². The van der Waals surface area contributed by atoms with Gasteiger partial charge in [-0.25, -0.2) is 0 Å². The third-order valence-corrected chi connectivity index (χ3v) is 5.00. The summed E-state index contributed by atoms with van der Waals surface area (Å²) in [5.41, 5.74) is 2.17. The standard InChI is InChI=1S/C23H25N5O2/c29-23(24-19-9-5-2-6-10-19)20-11-12-22(27-26-20)25-21(18-7-3-1-4-8-18)17-28-13-15-30-16-14-28/h1-12,21H,13-17H2,(H,24,29)(H,25,27). The van der Waals surface area contributed by atoms with Crippen LogP contribution in [0.4, 0.5) is 11.5 Å². The van der Waals surface area contributed by atoms with E-state index in [1.807, 2.05) is 48.5 Å². The molecule has 1 aromatic heterocycles. The lowest BCUT2D eigenvalue weighted by Gasteiger charge is -2.31. The largest absolute Gasteiger partial charge is 0.379 e. The van der Waals surface area contributed by atoms with Gasteiger partial charge in [-0.3, -0.25) is 9.69 Å². The van der Waals surface area contributed by atoms with Crippen LogP contribution in [0.25, 0.3) is 0 Å². The average Bonchev–Trinajstić information content (AvgIpc) is 2.81. The van der Waals surface area contributed by atoms with Crippen molar-refractivity contribution in [3.05, 3.63) is 84.1 Å². The number of hydrogen-bond acceptors (Lipinski definition) is 6. The first-order chi connectivity index (χ1) is 14.8. The first-order valence-corrected chi connectivity index (χ1v) is 10.1. The quantitative estimate of drug-likeness (QED) is 0.631. The number of benzene rings is 2. The molecule has 1 fully saturated rings. The summed E-state index contributed by atoms with van der Waals surface area (Å²) in [5, 5.41) is 14.6. The monoisotopic (exact) mass is 403 g/mol. The molecule has 0 bridgehead atoms. The third kappa shape index (κ3) is 5.40. The molecule has 1 aliphatic heterocycles. The van der Waals surface area contributed by atoms with Crippen molar-refractivity contribution in [1.82, 2.24) is 15.1 Å². The second-order valence-electron chi connectivity index (χ2n) is 7.14. The second kappa shape index (κ2) is 9.96. The van der Waals surface area contributed by atoms with Crippen molar-refractivity contribution in [2.45, 2.75) is 6.04 Å². The molecule has 30 heavy (non-hydrogen) atoms. The molecule has 154 valence electrons. The number of ether oxygens (including phenoxy) is 1. The third-order valence-electron chi connectivity index (χ3n) is 5.00. The van der Waals surface area contributed by atoms with Gasteiger partial charge in [-0.1, -0.05) is 48.5 Å². The number of carbonyl (C=O) groups is 1. The first-order valence-electron chi connectivity index (χ1n) is 10.1. The van der Waals surface area contributed by atoms with Gasteiger partial charge in [0, 0.05) is 25.3 Å². The van der Waals surface area contributed by atoms with Crippen molar-refractivity contribution in [2.24, 2.45) is 0 Å². The molecule has 1 atom stereocenters. The van der Waals surface area contributed by atoms with Gasteiger partial charge < -0.3 is 15.4 Å². The summed E-state index contributed by atoms with van der Waals surface area (Å²) in [6.45, 7) is 4.18. The highest BCUT2D eigenvalue weighted by molar-refractivity contribution is 6.02. The van der Waals surface area contributed by atoms with Crippen molar-refractivity contribution in [3.8, 4) is 0 Å². The fraction of sp³-hybridized carbons (Fsp3) is 0.261. The van der Waals surface area contributed by atoms with Crippen LogP contribution in [0, 0.1) is 0 Å². The normalized spacial score (nSPS) is 15.3. The molecule has 2 N–H and O–H groups in total. The van der Waals surface area contributed by atoms with Gasteiger partial charge in [0.25, 0.3) is 5.91 Å². The van der Waals surface area contributed by atoms with E-state index in [0.717, 1.165) is 38.5 Å². The molecule has 1 amide bonds. The summed E-state index contributed by atoms with van der Waals surface area (Å²) in [4.78, 5) is 14.8. The minimum absolute atomic E-state index is 0.0580. The van der Waals surface area contributed by atoms with Gasteiger partial charge in [0.1, 0.15) is 5.82 Å². The zero-order valence-corrected chi connectivity index (χ0v) is 16.7. The Balaban J connectivity index is 1.44. The summed E-state index contributed by atoms with van der Waals surface area (Å²) in [7, 11) is 0. The number of amides is 1. The van der Waals surface area contributed by atoms with Crippen LogP contribution in [0.15, 0.2) is 72.8 Å². The van der Waals surface area contributed by atoms with Crippen LogP contribution in [0.2, 0.25) is 0 Å². The summed E-state index contributed by atoms with van der Waals surface area (Å²) in [6.07, 6.45) is 0. The Kier molecular flexibility index (Phi) is 6.64. The van der Waals surface area contributed by atoms with Gasteiger partial charge in [0.15, 0.2) is 5.69 Å². The van der Waals surface area contributed by atoms with Gasteiger partial charge in [0.05, 0.1) is 19.3 Å². The average molecular weight is 403 g/mol. The number of carbonyl (C=O) groups excluding carboxylic acids is 1. The highest BCUT2D eigenvalue weighted by Crippen LogP contribution is 2.20. The predicted octanol–water partition coefficient (Wildman–Crippen LogP) is 3.21. The molecule has 7 heteroatoms. The number of aromatic nitrogens is 2. The van der Waals surface area contributed by atoms with Gasteiger partial charge in [0.2, 0.25) is 0 Å². The van der Waals surface area contributed by atoms with Gasteiger partial charge in [-0.2, -0.15) is 0 Å². The summed E-state index contributed by atoms with van der Waals surface area (Å²) < 4.78 is 5.46. The SMILES string of the molecule is O=C(Nc1ccccc1)c1ccc(NC(CN2CCOCC2)c2ccccc2)nn1. The minimum Gasteiger partial charge on any atom is -0.379 e. The number of hydrogen-bond donors (Lipinski definition) is 2. The molecular weight excluding hydrogens is 378 g/mol. The highest BCUT2D eigenvalue weighted by Gasteiger charge is 2.19. The molecule has 1 aliphatic rings. The van der Waals surface area contributed by atoms with Gasteiger partial charge in [-0.05, 0) is 29.8 Å². The minimum atomic E-state index is -0.284. The lowest BCUT2D eigenvalue weighted by molar-refractivity contribution is 0.0360. The van der Waals surface area contributed by atoms with E-state index in [-0.39, 0.29) is 17.6 Å². The van der Waals surface area contributed by atoms with E-state index >= 15 is 0 Å². The van der Waals surface area contributed by atoms with E-state index in [0.29, 0.717) is 5.82 Å². The number of nitrogens with one attached hydrogen (secondary N) is 2. The van der Waals surface area contributed by atoms with Crippen molar-refractivity contribution in [2.75, 3.05) is 43.5 Å². The van der Waals surface area contributed by atoms with Crippen LogP contribution in [0.5, 0.6) is 0 Å². The van der Waals surface area contributed by atoms with Crippen LogP contribution in [-0.4, -0.2) is 53.9 Å². The fourth-order valence-electron chi connectivity index (χ4n) is 3.39. The lowest BCUT2D eigenvalue weighted by atomic mass is 10.1. The lowest BCUT2D eigenvalue weighted by Crippen LogP contribution is -2.40. The number of nitrogens with zero attached hydrogens (tertiary/aromatic N) is 3. The smallest absolute Gasteiger partial charge is 0.276 e. The summed E-state index contributed by atoms with van der Waals surface area (Å²) in [5.74, 6) is 0.349. The molecule has 0 radical (unpaired) electrons. The Morgan fingerprint density at radius 2 is 1.63 bits per heavy atom. The molecule has 0 spiro atoms. The van der Waals surface area contributed by atoms with Crippen molar-refractivity contribution < 1.29 is 9.53 Å². The Morgan fingerprint density at radius 1 is 0.933 bits per heavy atom. The molecule has 7 nitrogen and oxygen atoms in total. The maximum Gasteiger partial charge on any atom is 0.276 e. The summed E-state index contributed by atoms with van der Waals surface area (Å²) in [6, 6.07) is 23.1. The van der Waals surface area contributed by atoms with Gasteiger partial charge >= 0.3 is 0 Å². The molecule has 2 heterocycles. The Hall–Kier alpha value is -3.29. The van der Waals surface area contributed by atoms with Crippen LogP contribution < -0.4 is 10.6 Å². The Bertz CT molecular complexity index is 929. The molecule has 1 unspecified atom stereocenters. The zero-order valence-electron chi connectivity index (χ0n) is 16.7. The first kappa shape index (κ1) is 20.0. The van der Waals surface area contributed by atoms with Crippen LogP contribution in [-0.2, 0) is 4.74 Å². The van der Waals surface area contributed by atoms with E-state index in [1.165, 1.54) is 5.56 Å². The second-order valence-corrected chi connectivity index (χ2v) is 7.14. The Labute approximate surface area is 176 Å². The van der Waals surface area contributed by atoms with Crippen molar-refractivity contribution in [3.63, 3.8) is 0 Å². The molecule has 3 aromatic rings. The molecule has 1 saturated heterocycles. The maximum atomic E-state index is 12.4. The van der Waals surface area contributed by atoms with E-state index in [2.05, 4.69) is 37.9 Å². The topological polar surface area (TPSA) is 79.4 Å². The predicted molar refractivity (Wildman–Crippen MR) is 116 cm³/mol.